The zero-order valence-electron chi connectivity index (χ0n) is 9.47. The molecule has 0 fully saturated rings. The van der Waals surface area contributed by atoms with E-state index in [9.17, 15) is 0 Å². The minimum atomic E-state index is 0.538. The van der Waals surface area contributed by atoms with Crippen molar-refractivity contribution < 1.29 is 0 Å². The summed E-state index contributed by atoms with van der Waals surface area (Å²) in [6.45, 7) is 1.19. The van der Waals surface area contributed by atoms with Crippen molar-refractivity contribution >= 4 is 27.0 Å². The standard InChI is InChI=1S/C11H11BrN6/c12-7-1-2-8-9(5-7)15-11(14-8)10-6-18(4-3-13)17-16-10/h1-2,5-6H,3-4,13H2,(H,14,15). The number of rotatable bonds is 3. The molecular weight excluding hydrogens is 296 g/mol. The minimum Gasteiger partial charge on any atom is -0.337 e. The van der Waals surface area contributed by atoms with Gasteiger partial charge in [-0.15, -0.1) is 5.10 Å². The molecule has 6 nitrogen and oxygen atoms in total. The molecule has 1 aromatic carbocycles. The monoisotopic (exact) mass is 306 g/mol. The molecule has 0 unspecified atom stereocenters. The highest BCUT2D eigenvalue weighted by atomic mass is 79.9. The molecule has 0 saturated carbocycles. The molecule has 0 aliphatic rings. The third kappa shape index (κ3) is 2.02. The summed E-state index contributed by atoms with van der Waals surface area (Å²) < 4.78 is 2.72. The molecule has 0 saturated heterocycles. The lowest BCUT2D eigenvalue weighted by atomic mass is 10.3. The van der Waals surface area contributed by atoms with Crippen molar-refractivity contribution in [3.05, 3.63) is 28.9 Å². The lowest BCUT2D eigenvalue weighted by Crippen LogP contribution is -2.10. The molecule has 2 aromatic heterocycles. The quantitative estimate of drug-likeness (QED) is 0.768. The van der Waals surface area contributed by atoms with Crippen LogP contribution in [0.1, 0.15) is 0 Å². The number of benzene rings is 1. The fraction of sp³-hybridized carbons (Fsp3) is 0.182. The molecule has 0 atom stereocenters. The highest BCUT2D eigenvalue weighted by Gasteiger charge is 2.09. The second kappa shape index (κ2) is 4.51. The fourth-order valence-corrected chi connectivity index (χ4v) is 2.11. The van der Waals surface area contributed by atoms with E-state index in [1.54, 1.807) is 4.68 Å². The normalized spacial score (nSPS) is 11.2. The van der Waals surface area contributed by atoms with Gasteiger partial charge in [0.05, 0.1) is 23.8 Å². The highest BCUT2D eigenvalue weighted by Crippen LogP contribution is 2.21. The maximum atomic E-state index is 5.47. The zero-order valence-corrected chi connectivity index (χ0v) is 11.1. The number of imidazole rings is 1. The summed E-state index contributed by atoms with van der Waals surface area (Å²) in [7, 11) is 0. The van der Waals surface area contributed by atoms with Gasteiger partial charge in [0.1, 0.15) is 5.69 Å². The molecule has 0 aliphatic heterocycles. The second-order valence-electron chi connectivity index (χ2n) is 3.90. The highest BCUT2D eigenvalue weighted by molar-refractivity contribution is 9.10. The Bertz CT molecular complexity index is 686. The zero-order chi connectivity index (χ0) is 12.5. The van der Waals surface area contributed by atoms with Gasteiger partial charge in [-0.2, -0.15) is 0 Å². The van der Waals surface area contributed by atoms with Crippen LogP contribution in [-0.4, -0.2) is 31.5 Å². The van der Waals surface area contributed by atoms with Gasteiger partial charge in [-0.3, -0.25) is 4.68 Å². The number of nitrogens with zero attached hydrogens (tertiary/aromatic N) is 4. The van der Waals surface area contributed by atoms with E-state index in [1.165, 1.54) is 0 Å². The number of halogens is 1. The Morgan fingerprint density at radius 1 is 1.39 bits per heavy atom. The third-order valence-corrected chi connectivity index (χ3v) is 3.08. The second-order valence-corrected chi connectivity index (χ2v) is 4.82. The topological polar surface area (TPSA) is 85.4 Å². The molecule has 0 bridgehead atoms. The van der Waals surface area contributed by atoms with Crippen LogP contribution in [0.3, 0.4) is 0 Å². The van der Waals surface area contributed by atoms with E-state index in [1.807, 2.05) is 24.4 Å². The van der Waals surface area contributed by atoms with Crippen molar-refractivity contribution in [1.82, 2.24) is 25.0 Å². The molecule has 92 valence electrons. The SMILES string of the molecule is NCCn1cc(-c2nc3ccc(Br)cc3[nH]2)nn1. The molecule has 3 N–H and O–H groups in total. The van der Waals surface area contributed by atoms with Crippen LogP contribution in [0.5, 0.6) is 0 Å². The number of aromatic nitrogens is 5. The summed E-state index contributed by atoms with van der Waals surface area (Å²) in [6.07, 6.45) is 1.83. The molecule has 0 aliphatic carbocycles. The average molecular weight is 307 g/mol. The Balaban J connectivity index is 2.02. The van der Waals surface area contributed by atoms with E-state index < -0.39 is 0 Å². The lowest BCUT2D eigenvalue weighted by molar-refractivity contribution is 0.598. The summed E-state index contributed by atoms with van der Waals surface area (Å²) in [5.41, 5.74) is 8.06. The molecule has 0 radical (unpaired) electrons. The first-order chi connectivity index (χ1) is 8.76. The molecule has 2 heterocycles. The first-order valence-electron chi connectivity index (χ1n) is 5.52. The average Bonchev–Trinajstić information content (AvgIpc) is 2.94. The van der Waals surface area contributed by atoms with Gasteiger partial charge in [-0.1, -0.05) is 21.1 Å². The van der Waals surface area contributed by atoms with Crippen LogP contribution >= 0.6 is 15.9 Å². The third-order valence-electron chi connectivity index (χ3n) is 2.58. The van der Waals surface area contributed by atoms with Gasteiger partial charge in [-0.25, -0.2) is 4.98 Å². The molecule has 0 amide bonds. The van der Waals surface area contributed by atoms with Gasteiger partial charge >= 0.3 is 0 Å². The van der Waals surface area contributed by atoms with E-state index >= 15 is 0 Å². The molecule has 7 heteroatoms. The van der Waals surface area contributed by atoms with Gasteiger partial charge in [0.25, 0.3) is 0 Å². The van der Waals surface area contributed by atoms with Crippen LogP contribution in [0.2, 0.25) is 0 Å². The molecule has 18 heavy (non-hydrogen) atoms. The van der Waals surface area contributed by atoms with Crippen molar-refractivity contribution in [2.24, 2.45) is 5.73 Å². The molecule has 3 aromatic rings. The van der Waals surface area contributed by atoms with Gasteiger partial charge in [0, 0.05) is 11.0 Å². The van der Waals surface area contributed by atoms with Crippen LogP contribution < -0.4 is 5.73 Å². The minimum absolute atomic E-state index is 0.538. The largest absolute Gasteiger partial charge is 0.337 e. The van der Waals surface area contributed by atoms with Crippen molar-refractivity contribution in [1.29, 1.82) is 0 Å². The van der Waals surface area contributed by atoms with Crippen molar-refractivity contribution in [3.8, 4) is 11.5 Å². The summed E-state index contributed by atoms with van der Waals surface area (Å²) in [6, 6.07) is 5.89. The Morgan fingerprint density at radius 2 is 2.28 bits per heavy atom. The van der Waals surface area contributed by atoms with Gasteiger partial charge in [-0.05, 0) is 18.2 Å². The summed E-state index contributed by atoms with van der Waals surface area (Å²) in [5, 5.41) is 8.06. The van der Waals surface area contributed by atoms with Gasteiger partial charge in [0.2, 0.25) is 0 Å². The predicted octanol–water partition coefficient (Wildman–Crippen LogP) is 1.54. The van der Waals surface area contributed by atoms with E-state index in [4.69, 9.17) is 5.73 Å². The van der Waals surface area contributed by atoms with Crippen LogP contribution in [0.25, 0.3) is 22.6 Å². The van der Waals surface area contributed by atoms with E-state index in [0.29, 0.717) is 18.9 Å². The van der Waals surface area contributed by atoms with Gasteiger partial charge in [0.15, 0.2) is 5.82 Å². The Hall–Kier alpha value is -1.73. The number of hydrogen-bond acceptors (Lipinski definition) is 4. The predicted molar refractivity (Wildman–Crippen MR) is 71.9 cm³/mol. The summed E-state index contributed by atoms with van der Waals surface area (Å²) in [4.78, 5) is 7.69. The van der Waals surface area contributed by atoms with Crippen LogP contribution in [-0.2, 0) is 6.54 Å². The molecular formula is C11H11BrN6. The number of aromatic amines is 1. The number of nitrogens with one attached hydrogen (secondary N) is 1. The van der Waals surface area contributed by atoms with E-state index in [2.05, 4.69) is 36.2 Å². The van der Waals surface area contributed by atoms with Crippen LogP contribution in [0.15, 0.2) is 28.9 Å². The Labute approximate surface area is 111 Å². The first-order valence-corrected chi connectivity index (χ1v) is 6.31. The summed E-state index contributed by atoms with van der Waals surface area (Å²) >= 11 is 3.43. The van der Waals surface area contributed by atoms with Crippen molar-refractivity contribution in [2.75, 3.05) is 6.54 Å². The van der Waals surface area contributed by atoms with Gasteiger partial charge < -0.3 is 10.7 Å². The van der Waals surface area contributed by atoms with Crippen LogP contribution in [0.4, 0.5) is 0 Å². The summed E-state index contributed by atoms with van der Waals surface area (Å²) in [5.74, 6) is 0.714. The maximum absolute atomic E-state index is 5.47. The van der Waals surface area contributed by atoms with Crippen molar-refractivity contribution in [2.45, 2.75) is 6.54 Å². The fourth-order valence-electron chi connectivity index (χ4n) is 1.75. The Kier molecular flexibility index (Phi) is 2.85. The smallest absolute Gasteiger partial charge is 0.160 e. The van der Waals surface area contributed by atoms with E-state index in [-0.39, 0.29) is 0 Å². The first kappa shape index (κ1) is 11.4. The number of hydrogen-bond donors (Lipinski definition) is 2. The van der Waals surface area contributed by atoms with Crippen molar-refractivity contribution in [3.63, 3.8) is 0 Å². The number of H-pyrrole nitrogens is 1. The maximum Gasteiger partial charge on any atom is 0.160 e. The number of fused-ring (bicyclic) bond motifs is 1. The number of nitrogens with two attached hydrogens (primary N) is 1. The molecule has 0 spiro atoms. The Morgan fingerprint density at radius 3 is 3.11 bits per heavy atom. The van der Waals surface area contributed by atoms with Crippen LogP contribution in [0, 0.1) is 0 Å². The van der Waals surface area contributed by atoms with E-state index in [0.717, 1.165) is 21.2 Å². The molecule has 3 rings (SSSR count). The lowest BCUT2D eigenvalue weighted by Gasteiger charge is -1.92.